The van der Waals surface area contributed by atoms with Crippen molar-refractivity contribution >= 4 is 0 Å². The molecule has 0 bridgehead atoms. The zero-order chi connectivity index (χ0) is 37.6. The van der Waals surface area contributed by atoms with Gasteiger partial charge in [-0.25, -0.2) is 0 Å². The standard InChI is InChI=1S/C44H60N2O6.2HI/c1-43(2,3)44(4)51-41(31-45(5,27-33-11-19-37(47-7)20-12-33)28-34-13-21-38(48-8)22-14-34)42(52-44)32-46(6,29-35-15-23-39(49-9)24-16-35)30-36-17-25-40(50-10)26-18-36;;/h11-26,41-42H,27-32H2,1-10H3;2*1H/q+2;;/p-2/t41-,42-;;/m0../s1. The van der Waals surface area contributed by atoms with Gasteiger partial charge in [0.2, 0.25) is 0 Å². The molecule has 1 heterocycles. The molecule has 54 heavy (non-hydrogen) atoms. The Labute approximate surface area is 358 Å². The van der Waals surface area contributed by atoms with Gasteiger partial charge in [0.25, 0.3) is 0 Å². The fourth-order valence-electron chi connectivity index (χ4n) is 7.35. The molecule has 296 valence electrons. The summed E-state index contributed by atoms with van der Waals surface area (Å²) in [5.41, 5.74) is 4.72. The number of hydrogen-bond acceptors (Lipinski definition) is 6. The summed E-state index contributed by atoms with van der Waals surface area (Å²) in [5.74, 6) is 2.65. The van der Waals surface area contributed by atoms with Crippen LogP contribution in [0.15, 0.2) is 97.1 Å². The van der Waals surface area contributed by atoms with Gasteiger partial charge in [-0.05, 0) is 104 Å². The summed E-state index contributed by atoms with van der Waals surface area (Å²) in [7, 11) is 11.5. The van der Waals surface area contributed by atoms with Gasteiger partial charge in [-0.15, -0.1) is 0 Å². The van der Waals surface area contributed by atoms with Crippen molar-refractivity contribution in [3.8, 4) is 23.0 Å². The second-order valence-corrected chi connectivity index (χ2v) is 16.1. The number of methoxy groups -OCH3 is 4. The predicted octanol–water partition coefficient (Wildman–Crippen LogP) is 2.27. The average Bonchev–Trinajstić information content (AvgIpc) is 3.43. The molecule has 10 heteroatoms. The highest BCUT2D eigenvalue weighted by Gasteiger charge is 2.55. The normalized spacial score (nSPS) is 16.9. The van der Waals surface area contributed by atoms with E-state index in [1.54, 1.807) is 28.4 Å². The van der Waals surface area contributed by atoms with Crippen LogP contribution in [0.25, 0.3) is 0 Å². The molecule has 0 radical (unpaired) electrons. The van der Waals surface area contributed by atoms with Crippen molar-refractivity contribution in [2.24, 2.45) is 5.41 Å². The van der Waals surface area contributed by atoms with E-state index in [1.807, 2.05) is 48.5 Å². The van der Waals surface area contributed by atoms with Crippen LogP contribution in [0.2, 0.25) is 0 Å². The first-order chi connectivity index (χ1) is 24.7. The fourth-order valence-corrected chi connectivity index (χ4v) is 7.35. The van der Waals surface area contributed by atoms with Crippen LogP contribution in [0, 0.1) is 5.41 Å². The van der Waals surface area contributed by atoms with Gasteiger partial charge in [-0.1, -0.05) is 20.8 Å². The highest BCUT2D eigenvalue weighted by molar-refractivity contribution is 5.29. The minimum absolute atomic E-state index is 0. The van der Waals surface area contributed by atoms with Gasteiger partial charge in [0, 0.05) is 27.7 Å². The summed E-state index contributed by atoms with van der Waals surface area (Å²) < 4.78 is 37.7. The molecule has 1 saturated heterocycles. The average molecular weight is 967 g/mol. The van der Waals surface area contributed by atoms with Crippen molar-refractivity contribution in [2.75, 3.05) is 55.6 Å². The van der Waals surface area contributed by atoms with Crippen LogP contribution in [0.5, 0.6) is 23.0 Å². The number of hydrogen-bond donors (Lipinski definition) is 0. The fraction of sp³-hybridized carbons (Fsp3) is 0.455. The minimum Gasteiger partial charge on any atom is -1.00 e. The summed E-state index contributed by atoms with van der Waals surface area (Å²) in [6, 6.07) is 33.7. The zero-order valence-electron chi connectivity index (χ0n) is 33.7. The summed E-state index contributed by atoms with van der Waals surface area (Å²) >= 11 is 0. The molecule has 1 aliphatic rings. The van der Waals surface area contributed by atoms with E-state index in [0.717, 1.165) is 71.2 Å². The number of halogens is 2. The Morgan fingerprint density at radius 2 is 0.704 bits per heavy atom. The molecule has 0 saturated carbocycles. The maximum Gasteiger partial charge on any atom is 0.171 e. The van der Waals surface area contributed by atoms with Crippen molar-refractivity contribution in [1.82, 2.24) is 0 Å². The van der Waals surface area contributed by atoms with E-state index in [4.69, 9.17) is 28.4 Å². The Morgan fingerprint density at radius 3 is 0.889 bits per heavy atom. The molecule has 0 aliphatic carbocycles. The second-order valence-electron chi connectivity index (χ2n) is 16.1. The highest BCUT2D eigenvalue weighted by Crippen LogP contribution is 2.44. The number of nitrogens with zero attached hydrogens (tertiary/aromatic N) is 2. The lowest BCUT2D eigenvalue weighted by Crippen LogP contribution is -3.00. The summed E-state index contributed by atoms with van der Waals surface area (Å²) in [5, 5.41) is 0. The molecule has 0 spiro atoms. The van der Waals surface area contributed by atoms with E-state index >= 15 is 0 Å². The van der Waals surface area contributed by atoms with E-state index < -0.39 is 5.79 Å². The van der Waals surface area contributed by atoms with Gasteiger partial charge < -0.3 is 85.3 Å². The molecule has 8 nitrogen and oxygen atoms in total. The van der Waals surface area contributed by atoms with Crippen molar-refractivity contribution in [3.05, 3.63) is 119 Å². The Bertz CT molecular complexity index is 1490. The van der Waals surface area contributed by atoms with Crippen molar-refractivity contribution in [2.45, 2.75) is 71.9 Å². The molecule has 0 amide bonds. The molecule has 0 N–H and O–H groups in total. The van der Waals surface area contributed by atoms with Crippen LogP contribution < -0.4 is 66.9 Å². The number of rotatable bonds is 16. The van der Waals surface area contributed by atoms with Gasteiger partial charge >= 0.3 is 0 Å². The van der Waals surface area contributed by atoms with Crippen molar-refractivity contribution < 1.29 is 85.3 Å². The lowest BCUT2D eigenvalue weighted by Gasteiger charge is -2.40. The maximum absolute atomic E-state index is 7.16. The Balaban J connectivity index is 0.00000392. The first kappa shape index (κ1) is 45.8. The van der Waals surface area contributed by atoms with Gasteiger partial charge in [0.15, 0.2) is 5.79 Å². The van der Waals surface area contributed by atoms with E-state index in [2.05, 4.69) is 90.3 Å². The van der Waals surface area contributed by atoms with Crippen LogP contribution >= 0.6 is 0 Å². The molecule has 1 fully saturated rings. The first-order valence-electron chi connectivity index (χ1n) is 18.2. The largest absolute Gasteiger partial charge is 1.00 e. The number of likely N-dealkylation sites (N-methyl/N-ethyl adjacent to an activating group) is 2. The lowest BCUT2D eigenvalue weighted by atomic mass is 9.87. The molecule has 0 aromatic heterocycles. The molecule has 4 aromatic carbocycles. The highest BCUT2D eigenvalue weighted by atomic mass is 127. The molecule has 0 unspecified atom stereocenters. The van der Waals surface area contributed by atoms with E-state index in [9.17, 15) is 0 Å². The first-order valence-corrected chi connectivity index (χ1v) is 18.2. The van der Waals surface area contributed by atoms with E-state index in [1.165, 1.54) is 22.3 Å². The Kier molecular flexibility index (Phi) is 16.5. The zero-order valence-corrected chi connectivity index (χ0v) is 38.0. The second kappa shape index (κ2) is 19.5. The third kappa shape index (κ3) is 11.9. The minimum atomic E-state index is -0.765. The summed E-state index contributed by atoms with van der Waals surface area (Å²) in [6.07, 6.45) is -0.315. The van der Waals surface area contributed by atoms with Crippen LogP contribution in [0.1, 0.15) is 49.9 Å². The molecule has 1 aliphatic heterocycles. The Hall–Kier alpha value is -2.62. The third-order valence-corrected chi connectivity index (χ3v) is 10.7. The van der Waals surface area contributed by atoms with Crippen LogP contribution in [-0.4, -0.2) is 82.6 Å². The van der Waals surface area contributed by atoms with Crippen LogP contribution in [-0.2, 0) is 35.7 Å². The Morgan fingerprint density at radius 1 is 0.481 bits per heavy atom. The maximum atomic E-state index is 7.16. The lowest BCUT2D eigenvalue weighted by molar-refractivity contribution is -0.944. The molecular formula is C44H60I2N2O6. The molecular weight excluding hydrogens is 906 g/mol. The van der Waals surface area contributed by atoms with Gasteiger partial charge in [-0.2, -0.15) is 0 Å². The number of ether oxygens (including phenoxy) is 6. The van der Waals surface area contributed by atoms with Crippen molar-refractivity contribution in [3.63, 3.8) is 0 Å². The third-order valence-electron chi connectivity index (χ3n) is 10.7. The van der Waals surface area contributed by atoms with Crippen LogP contribution in [0.4, 0.5) is 0 Å². The van der Waals surface area contributed by atoms with Crippen molar-refractivity contribution in [1.29, 1.82) is 0 Å². The van der Waals surface area contributed by atoms with Gasteiger partial charge in [0.05, 0.1) is 42.5 Å². The van der Waals surface area contributed by atoms with E-state index in [0.29, 0.717) is 0 Å². The van der Waals surface area contributed by atoms with Crippen LogP contribution in [0.3, 0.4) is 0 Å². The summed E-state index contributed by atoms with van der Waals surface area (Å²) in [4.78, 5) is 0. The summed E-state index contributed by atoms with van der Waals surface area (Å²) in [6.45, 7) is 13.5. The SMILES string of the molecule is COc1ccc(C[N+](C)(Cc2ccc(OC)cc2)C[C@@H]2OC(C)(C(C)(C)C)O[C@H]2C[N+](C)(Cc2ccc(OC)cc2)Cc2ccc(OC)cc2)cc1.[I-].[I-]. The molecule has 5 rings (SSSR count). The molecule has 4 aromatic rings. The smallest absolute Gasteiger partial charge is 0.171 e. The van der Waals surface area contributed by atoms with E-state index in [-0.39, 0.29) is 65.6 Å². The predicted molar refractivity (Wildman–Crippen MR) is 207 cm³/mol. The quantitative estimate of drug-likeness (QED) is 0.127. The topological polar surface area (TPSA) is 55.4 Å². The monoisotopic (exact) mass is 966 g/mol. The number of quaternary nitrogens is 2. The van der Waals surface area contributed by atoms with Gasteiger partial charge in [0.1, 0.15) is 74.5 Å². The van der Waals surface area contributed by atoms with Gasteiger partial charge in [-0.3, -0.25) is 0 Å². The molecule has 2 atom stereocenters. The number of benzene rings is 4.